The molecular formula is C16H21BrF3N. The quantitative estimate of drug-likeness (QED) is 0.614. The molecule has 0 radical (unpaired) electrons. The summed E-state index contributed by atoms with van der Waals surface area (Å²) in [5.74, 6) is 0. The van der Waals surface area contributed by atoms with Crippen LogP contribution in [0.4, 0.5) is 18.9 Å². The highest BCUT2D eigenvalue weighted by Gasteiger charge is 2.34. The van der Waals surface area contributed by atoms with Gasteiger partial charge in [-0.05, 0) is 43.4 Å². The standard InChI is InChI=1S/C16H21BrF3N/c1-2-5-13-6-3-4-9-21(13)14-8-7-12(11-17)15(10-14)16(18,19)20/h7-8,10,13H,2-6,9,11H2,1H3. The summed E-state index contributed by atoms with van der Waals surface area (Å²) < 4.78 is 39.6. The van der Waals surface area contributed by atoms with E-state index in [2.05, 4.69) is 27.8 Å². The topological polar surface area (TPSA) is 3.24 Å². The van der Waals surface area contributed by atoms with Gasteiger partial charge in [0.1, 0.15) is 0 Å². The highest BCUT2D eigenvalue weighted by Crippen LogP contribution is 2.37. The second-order valence-electron chi connectivity index (χ2n) is 5.60. The molecule has 1 nitrogen and oxygen atoms in total. The van der Waals surface area contributed by atoms with E-state index in [-0.39, 0.29) is 5.33 Å². The molecule has 1 aromatic rings. The Balaban J connectivity index is 2.34. The molecule has 0 bridgehead atoms. The highest BCUT2D eigenvalue weighted by atomic mass is 79.9. The van der Waals surface area contributed by atoms with Gasteiger partial charge in [-0.15, -0.1) is 0 Å². The molecule has 5 heteroatoms. The zero-order chi connectivity index (χ0) is 15.5. The van der Waals surface area contributed by atoms with E-state index in [0.717, 1.165) is 32.2 Å². The maximum absolute atomic E-state index is 13.2. The molecule has 1 aromatic carbocycles. The number of rotatable bonds is 4. The number of piperidine rings is 1. The monoisotopic (exact) mass is 363 g/mol. The lowest BCUT2D eigenvalue weighted by molar-refractivity contribution is -0.138. The van der Waals surface area contributed by atoms with Crippen LogP contribution in [0.5, 0.6) is 0 Å². The van der Waals surface area contributed by atoms with Crippen molar-refractivity contribution in [2.24, 2.45) is 0 Å². The van der Waals surface area contributed by atoms with Gasteiger partial charge >= 0.3 is 6.18 Å². The van der Waals surface area contributed by atoms with E-state index < -0.39 is 11.7 Å². The van der Waals surface area contributed by atoms with Crippen LogP contribution in [0.2, 0.25) is 0 Å². The molecule has 1 aliphatic heterocycles. The Labute approximate surface area is 132 Å². The normalized spacial score (nSPS) is 19.9. The van der Waals surface area contributed by atoms with Gasteiger partial charge < -0.3 is 4.90 Å². The third-order valence-corrected chi connectivity index (χ3v) is 4.73. The lowest BCUT2D eigenvalue weighted by Gasteiger charge is -2.38. The third kappa shape index (κ3) is 3.93. The lowest BCUT2D eigenvalue weighted by Crippen LogP contribution is -2.39. The second-order valence-corrected chi connectivity index (χ2v) is 6.17. The van der Waals surface area contributed by atoms with Crippen LogP contribution in [0.25, 0.3) is 0 Å². The molecule has 2 rings (SSSR count). The third-order valence-electron chi connectivity index (χ3n) is 4.12. The molecule has 0 spiro atoms. The van der Waals surface area contributed by atoms with Crippen molar-refractivity contribution in [3.63, 3.8) is 0 Å². The zero-order valence-electron chi connectivity index (χ0n) is 12.2. The molecule has 0 amide bonds. The molecule has 1 saturated heterocycles. The van der Waals surface area contributed by atoms with Gasteiger partial charge in [-0.2, -0.15) is 13.2 Å². The van der Waals surface area contributed by atoms with Crippen molar-refractivity contribution in [3.05, 3.63) is 29.3 Å². The highest BCUT2D eigenvalue weighted by molar-refractivity contribution is 9.08. The predicted molar refractivity (Wildman–Crippen MR) is 84.0 cm³/mol. The summed E-state index contributed by atoms with van der Waals surface area (Å²) in [5.41, 5.74) is 0.498. The molecule has 0 aliphatic carbocycles. The number of benzene rings is 1. The fourth-order valence-corrected chi connectivity index (χ4v) is 3.59. The van der Waals surface area contributed by atoms with Crippen LogP contribution in [0, 0.1) is 0 Å². The largest absolute Gasteiger partial charge is 0.416 e. The lowest BCUT2D eigenvalue weighted by atomic mass is 9.96. The minimum Gasteiger partial charge on any atom is -0.369 e. The average molecular weight is 364 g/mol. The maximum atomic E-state index is 13.2. The fraction of sp³-hybridized carbons (Fsp3) is 0.625. The van der Waals surface area contributed by atoms with Crippen LogP contribution >= 0.6 is 15.9 Å². The molecule has 1 fully saturated rings. The van der Waals surface area contributed by atoms with Gasteiger partial charge in [0.15, 0.2) is 0 Å². The Hall–Kier alpha value is -0.710. The first-order valence-electron chi connectivity index (χ1n) is 7.50. The number of nitrogens with zero attached hydrogens (tertiary/aromatic N) is 1. The van der Waals surface area contributed by atoms with E-state index in [9.17, 15) is 13.2 Å². The first-order valence-corrected chi connectivity index (χ1v) is 8.62. The summed E-state index contributed by atoms with van der Waals surface area (Å²) in [6.45, 7) is 2.98. The summed E-state index contributed by atoms with van der Waals surface area (Å²) >= 11 is 3.14. The van der Waals surface area contributed by atoms with E-state index in [1.807, 2.05) is 6.07 Å². The smallest absolute Gasteiger partial charge is 0.369 e. The van der Waals surface area contributed by atoms with E-state index in [0.29, 0.717) is 17.3 Å². The molecule has 21 heavy (non-hydrogen) atoms. The molecular weight excluding hydrogens is 343 g/mol. The zero-order valence-corrected chi connectivity index (χ0v) is 13.8. The number of alkyl halides is 4. The molecule has 0 N–H and O–H groups in total. The number of anilines is 1. The van der Waals surface area contributed by atoms with E-state index >= 15 is 0 Å². The molecule has 0 saturated carbocycles. The average Bonchev–Trinajstić information content (AvgIpc) is 2.46. The van der Waals surface area contributed by atoms with Crippen LogP contribution in [-0.2, 0) is 11.5 Å². The Kier molecular flexibility index (Phi) is 5.58. The van der Waals surface area contributed by atoms with Gasteiger partial charge in [0.25, 0.3) is 0 Å². The van der Waals surface area contributed by atoms with Crippen molar-refractivity contribution < 1.29 is 13.2 Å². The van der Waals surface area contributed by atoms with Gasteiger partial charge in [0, 0.05) is 23.6 Å². The summed E-state index contributed by atoms with van der Waals surface area (Å²) in [4.78, 5) is 2.17. The fourth-order valence-electron chi connectivity index (χ4n) is 3.10. The van der Waals surface area contributed by atoms with Crippen molar-refractivity contribution in [2.45, 2.75) is 56.6 Å². The van der Waals surface area contributed by atoms with Crippen LogP contribution in [-0.4, -0.2) is 12.6 Å². The molecule has 1 aliphatic rings. The maximum Gasteiger partial charge on any atom is 0.416 e. The van der Waals surface area contributed by atoms with E-state index in [4.69, 9.17) is 0 Å². The van der Waals surface area contributed by atoms with Crippen LogP contribution in [0.3, 0.4) is 0 Å². The van der Waals surface area contributed by atoms with Crippen LogP contribution < -0.4 is 4.90 Å². The van der Waals surface area contributed by atoms with Crippen molar-refractivity contribution in [1.29, 1.82) is 0 Å². The summed E-state index contributed by atoms with van der Waals surface area (Å²) in [6.07, 6.45) is 1.12. The molecule has 1 atom stereocenters. The second kappa shape index (κ2) is 7.03. The first-order chi connectivity index (χ1) is 9.97. The Bertz CT molecular complexity index is 471. The number of hydrogen-bond donors (Lipinski definition) is 0. The predicted octanol–water partition coefficient (Wildman–Crippen LogP) is 5.76. The molecule has 1 unspecified atom stereocenters. The van der Waals surface area contributed by atoms with E-state index in [1.54, 1.807) is 6.07 Å². The van der Waals surface area contributed by atoms with Crippen molar-refractivity contribution in [1.82, 2.24) is 0 Å². The van der Waals surface area contributed by atoms with Gasteiger partial charge in [0.05, 0.1) is 5.56 Å². The van der Waals surface area contributed by atoms with Crippen LogP contribution in [0.15, 0.2) is 18.2 Å². The number of halogens is 4. The SMILES string of the molecule is CCCC1CCCCN1c1ccc(CBr)c(C(F)(F)F)c1. The van der Waals surface area contributed by atoms with Gasteiger partial charge in [-0.25, -0.2) is 0 Å². The summed E-state index contributed by atoms with van der Waals surface area (Å²) in [7, 11) is 0. The summed E-state index contributed by atoms with van der Waals surface area (Å²) in [5, 5.41) is 0.223. The van der Waals surface area contributed by atoms with Crippen molar-refractivity contribution in [3.8, 4) is 0 Å². The molecule has 0 aromatic heterocycles. The van der Waals surface area contributed by atoms with Crippen molar-refractivity contribution >= 4 is 21.6 Å². The van der Waals surface area contributed by atoms with Crippen molar-refractivity contribution in [2.75, 3.05) is 11.4 Å². The minimum atomic E-state index is -4.30. The Morgan fingerprint density at radius 1 is 1.29 bits per heavy atom. The van der Waals surface area contributed by atoms with Gasteiger partial charge in [0.2, 0.25) is 0 Å². The number of hydrogen-bond acceptors (Lipinski definition) is 1. The molecule has 118 valence electrons. The van der Waals surface area contributed by atoms with Gasteiger partial charge in [-0.1, -0.05) is 35.3 Å². The van der Waals surface area contributed by atoms with E-state index in [1.165, 1.54) is 12.5 Å². The minimum absolute atomic E-state index is 0.223. The first kappa shape index (κ1) is 16.7. The Morgan fingerprint density at radius 3 is 2.67 bits per heavy atom. The van der Waals surface area contributed by atoms with Gasteiger partial charge in [-0.3, -0.25) is 0 Å². The van der Waals surface area contributed by atoms with Crippen LogP contribution in [0.1, 0.15) is 50.2 Å². The summed E-state index contributed by atoms with van der Waals surface area (Å²) in [6, 6.07) is 5.13. The Morgan fingerprint density at radius 2 is 2.05 bits per heavy atom. The molecule has 1 heterocycles.